The highest BCUT2D eigenvalue weighted by molar-refractivity contribution is 6.31. The van der Waals surface area contributed by atoms with E-state index in [4.69, 9.17) is 16.6 Å². The quantitative estimate of drug-likeness (QED) is 0.743. The molecule has 6 heteroatoms. The van der Waals surface area contributed by atoms with E-state index in [2.05, 4.69) is 51.9 Å². The summed E-state index contributed by atoms with van der Waals surface area (Å²) in [7, 11) is 4.22. The lowest BCUT2D eigenvalue weighted by atomic mass is 10.2. The Labute approximate surface area is 141 Å². The first-order chi connectivity index (χ1) is 11.1. The molecule has 0 unspecified atom stereocenters. The molecular formula is C17H20ClN5. The maximum absolute atomic E-state index is 6.20. The second kappa shape index (κ2) is 5.58. The monoisotopic (exact) mass is 329 g/mol. The van der Waals surface area contributed by atoms with Crippen LogP contribution in [0, 0.1) is 0 Å². The predicted molar refractivity (Wildman–Crippen MR) is 95.0 cm³/mol. The summed E-state index contributed by atoms with van der Waals surface area (Å²) < 4.78 is 2.15. The van der Waals surface area contributed by atoms with Gasteiger partial charge < -0.3 is 9.80 Å². The van der Waals surface area contributed by atoms with Crippen molar-refractivity contribution < 1.29 is 0 Å². The van der Waals surface area contributed by atoms with Crippen molar-refractivity contribution >= 4 is 28.8 Å². The molecule has 3 heterocycles. The van der Waals surface area contributed by atoms with Gasteiger partial charge >= 0.3 is 0 Å². The van der Waals surface area contributed by atoms with Gasteiger partial charge in [0.25, 0.3) is 0 Å². The second-order valence-electron chi connectivity index (χ2n) is 6.12. The van der Waals surface area contributed by atoms with E-state index in [-0.39, 0.29) is 0 Å². The van der Waals surface area contributed by atoms with Crippen LogP contribution in [0.1, 0.15) is 5.69 Å². The van der Waals surface area contributed by atoms with Crippen molar-refractivity contribution in [1.82, 2.24) is 14.5 Å². The first-order valence-electron chi connectivity index (χ1n) is 7.87. The Morgan fingerprint density at radius 1 is 1.04 bits per heavy atom. The van der Waals surface area contributed by atoms with Gasteiger partial charge in [0, 0.05) is 44.4 Å². The Hall–Kier alpha value is -1.98. The molecule has 1 saturated heterocycles. The maximum Gasteiger partial charge on any atom is 0.155 e. The van der Waals surface area contributed by atoms with Gasteiger partial charge in [-0.25, -0.2) is 4.99 Å². The van der Waals surface area contributed by atoms with Crippen molar-refractivity contribution in [3.8, 4) is 0 Å². The van der Waals surface area contributed by atoms with Crippen molar-refractivity contribution in [3.63, 3.8) is 0 Å². The van der Waals surface area contributed by atoms with Gasteiger partial charge in [0.15, 0.2) is 5.84 Å². The molecule has 1 aromatic heterocycles. The first-order valence-corrected chi connectivity index (χ1v) is 8.25. The molecule has 0 spiro atoms. The van der Waals surface area contributed by atoms with Crippen LogP contribution in [0.25, 0.3) is 0 Å². The van der Waals surface area contributed by atoms with Crippen LogP contribution >= 0.6 is 11.6 Å². The zero-order valence-corrected chi connectivity index (χ0v) is 14.2. The van der Waals surface area contributed by atoms with E-state index in [0.29, 0.717) is 5.02 Å². The molecule has 0 amide bonds. The molecule has 0 saturated carbocycles. The molecule has 2 aliphatic rings. The number of piperazine rings is 1. The van der Waals surface area contributed by atoms with Crippen molar-refractivity contribution in [3.05, 3.63) is 47.2 Å². The van der Waals surface area contributed by atoms with E-state index in [1.165, 1.54) is 0 Å². The third-order valence-corrected chi connectivity index (χ3v) is 4.83. The number of amidine groups is 1. The summed E-state index contributed by atoms with van der Waals surface area (Å²) in [6.45, 7) is 4.08. The van der Waals surface area contributed by atoms with Crippen LogP contribution in [-0.4, -0.2) is 60.6 Å². The van der Waals surface area contributed by atoms with Gasteiger partial charge in [-0.15, -0.1) is 0 Å². The summed E-state index contributed by atoms with van der Waals surface area (Å²) in [5, 5.41) is 2.83. The predicted octanol–water partition coefficient (Wildman–Crippen LogP) is 2.68. The normalized spacial score (nSPS) is 18.3. The lowest BCUT2D eigenvalue weighted by molar-refractivity contribution is 0.215. The number of aliphatic imine (C=N–C) groups is 1. The Kier molecular flexibility index (Phi) is 3.54. The van der Waals surface area contributed by atoms with E-state index in [1.54, 1.807) is 0 Å². The number of rotatable bonds is 0. The largest absolute Gasteiger partial charge is 0.352 e. The molecule has 120 valence electrons. The van der Waals surface area contributed by atoms with Gasteiger partial charge in [0.2, 0.25) is 0 Å². The number of fused-ring (bicyclic) bond motifs is 2. The van der Waals surface area contributed by atoms with Gasteiger partial charge in [0.1, 0.15) is 5.69 Å². The minimum Gasteiger partial charge on any atom is -0.352 e. The van der Waals surface area contributed by atoms with Gasteiger partial charge in [0.05, 0.1) is 11.4 Å². The van der Waals surface area contributed by atoms with Gasteiger partial charge in [-0.2, -0.15) is 0 Å². The Morgan fingerprint density at radius 2 is 1.83 bits per heavy atom. The van der Waals surface area contributed by atoms with E-state index < -0.39 is 0 Å². The minimum absolute atomic E-state index is 0.713. The Morgan fingerprint density at radius 3 is 2.61 bits per heavy atom. The fourth-order valence-corrected chi connectivity index (χ4v) is 3.38. The van der Waals surface area contributed by atoms with Crippen LogP contribution in [0.3, 0.4) is 0 Å². The number of likely N-dealkylation sites (N-methyl/N-ethyl adjacent to an activating group) is 1. The first kappa shape index (κ1) is 14.6. The number of hydrogen-bond acceptors (Lipinski definition) is 4. The summed E-state index contributed by atoms with van der Waals surface area (Å²) in [4.78, 5) is 9.71. The summed E-state index contributed by atoms with van der Waals surface area (Å²) in [6.07, 6.45) is 2.07. The number of nitrogens with zero attached hydrogens (tertiary/aromatic N) is 5. The standard InChI is InChI=1S/C17H20ClN5/c1-20-8-10-22(11-9-20)17-16-4-3-7-23(16)21(2)15-6-5-13(18)12-14(15)19-17/h3-7,12H,8-11H2,1-2H3. The Bertz CT molecular complexity index is 758. The van der Waals surface area contributed by atoms with E-state index >= 15 is 0 Å². The summed E-state index contributed by atoms with van der Waals surface area (Å²) in [5.74, 6) is 1.02. The summed E-state index contributed by atoms with van der Waals surface area (Å²) in [5.41, 5.74) is 3.08. The molecule has 2 aliphatic heterocycles. The van der Waals surface area contributed by atoms with Crippen LogP contribution in [0.5, 0.6) is 0 Å². The number of aromatic nitrogens is 1. The molecule has 4 rings (SSSR count). The Balaban J connectivity index is 1.84. The smallest absolute Gasteiger partial charge is 0.155 e. The number of halogens is 1. The van der Waals surface area contributed by atoms with Crippen molar-refractivity contribution in [1.29, 1.82) is 0 Å². The zero-order chi connectivity index (χ0) is 16.0. The van der Waals surface area contributed by atoms with Crippen LogP contribution < -0.4 is 5.01 Å². The molecule has 0 N–H and O–H groups in total. The fourth-order valence-electron chi connectivity index (χ4n) is 3.21. The van der Waals surface area contributed by atoms with Crippen LogP contribution in [0.4, 0.5) is 11.4 Å². The van der Waals surface area contributed by atoms with Crippen LogP contribution in [0.15, 0.2) is 41.5 Å². The molecular weight excluding hydrogens is 310 g/mol. The van der Waals surface area contributed by atoms with Gasteiger partial charge in [-0.1, -0.05) is 11.6 Å². The molecule has 0 bridgehead atoms. The topological polar surface area (TPSA) is 27.0 Å². The van der Waals surface area contributed by atoms with Crippen LogP contribution in [-0.2, 0) is 0 Å². The average Bonchev–Trinajstić information content (AvgIpc) is 2.98. The van der Waals surface area contributed by atoms with Gasteiger partial charge in [-0.05, 0) is 37.4 Å². The summed E-state index contributed by atoms with van der Waals surface area (Å²) >= 11 is 6.20. The molecule has 1 fully saturated rings. The van der Waals surface area contributed by atoms with Crippen molar-refractivity contribution in [2.24, 2.45) is 4.99 Å². The lowest BCUT2D eigenvalue weighted by Crippen LogP contribution is -2.48. The molecule has 23 heavy (non-hydrogen) atoms. The lowest BCUT2D eigenvalue weighted by Gasteiger charge is -2.34. The molecule has 5 nitrogen and oxygen atoms in total. The van der Waals surface area contributed by atoms with Gasteiger partial charge in [-0.3, -0.25) is 9.69 Å². The minimum atomic E-state index is 0.713. The average molecular weight is 330 g/mol. The number of benzene rings is 1. The molecule has 0 atom stereocenters. The second-order valence-corrected chi connectivity index (χ2v) is 6.56. The zero-order valence-electron chi connectivity index (χ0n) is 13.4. The molecule has 2 aromatic rings. The molecule has 0 aliphatic carbocycles. The van der Waals surface area contributed by atoms with Crippen molar-refractivity contribution in [2.75, 3.05) is 45.3 Å². The number of hydrogen-bond donors (Lipinski definition) is 0. The highest BCUT2D eigenvalue weighted by atomic mass is 35.5. The highest BCUT2D eigenvalue weighted by Crippen LogP contribution is 2.35. The summed E-state index contributed by atoms with van der Waals surface area (Å²) in [6, 6.07) is 10.1. The third-order valence-electron chi connectivity index (χ3n) is 4.60. The number of anilines is 1. The van der Waals surface area contributed by atoms with E-state index in [0.717, 1.165) is 49.1 Å². The molecule has 1 aromatic carbocycles. The maximum atomic E-state index is 6.20. The SMILES string of the molecule is CN1CCN(C2=Nc3cc(Cl)ccc3N(C)n3cccc32)CC1. The fraction of sp³-hybridized carbons (Fsp3) is 0.353. The van der Waals surface area contributed by atoms with E-state index in [1.807, 2.05) is 18.2 Å². The van der Waals surface area contributed by atoms with E-state index in [9.17, 15) is 0 Å². The van der Waals surface area contributed by atoms with Crippen molar-refractivity contribution in [2.45, 2.75) is 0 Å². The van der Waals surface area contributed by atoms with Crippen LogP contribution in [0.2, 0.25) is 5.02 Å². The molecule has 0 radical (unpaired) electrons. The highest BCUT2D eigenvalue weighted by Gasteiger charge is 2.25. The third kappa shape index (κ3) is 2.50.